The fourth-order valence-corrected chi connectivity index (χ4v) is 3.23. The molecule has 1 N–H and O–H groups in total. The lowest BCUT2D eigenvalue weighted by molar-refractivity contribution is -0.154. The van der Waals surface area contributed by atoms with Crippen molar-refractivity contribution in [2.45, 2.75) is 58.7 Å². The molecule has 0 aromatic carbocycles. The Hall–Kier alpha value is -1.10. The summed E-state index contributed by atoms with van der Waals surface area (Å²) < 4.78 is 5.44. The number of amides is 2. The molecule has 0 aromatic rings. The predicted molar refractivity (Wildman–Crippen MR) is 76.1 cm³/mol. The van der Waals surface area contributed by atoms with E-state index < -0.39 is 6.04 Å². The summed E-state index contributed by atoms with van der Waals surface area (Å²) >= 11 is 0. The van der Waals surface area contributed by atoms with Gasteiger partial charge in [0, 0.05) is 18.6 Å². The van der Waals surface area contributed by atoms with Gasteiger partial charge in [-0.3, -0.25) is 9.59 Å². The number of nitrogens with zero attached hydrogens (tertiary/aromatic N) is 1. The van der Waals surface area contributed by atoms with E-state index in [1.165, 1.54) is 0 Å². The minimum absolute atomic E-state index is 0.0171. The summed E-state index contributed by atoms with van der Waals surface area (Å²) in [5, 5.41) is 2.88. The van der Waals surface area contributed by atoms with Gasteiger partial charge in [0.25, 0.3) is 0 Å². The van der Waals surface area contributed by atoms with E-state index in [2.05, 4.69) is 12.2 Å². The smallest absolute Gasteiger partial charge is 0.246 e. The molecule has 4 atom stereocenters. The third kappa shape index (κ3) is 2.68. The number of carbonyl (C=O) groups is 2. The van der Waals surface area contributed by atoms with Crippen LogP contribution in [0, 0.1) is 11.8 Å². The maximum atomic E-state index is 12.8. The highest BCUT2D eigenvalue weighted by Gasteiger charge is 2.44. The van der Waals surface area contributed by atoms with Crippen molar-refractivity contribution in [3.8, 4) is 0 Å². The number of hydrogen-bond acceptors (Lipinski definition) is 3. The molecule has 5 nitrogen and oxygen atoms in total. The van der Waals surface area contributed by atoms with Crippen molar-refractivity contribution < 1.29 is 14.3 Å². The lowest BCUT2D eigenvalue weighted by Gasteiger charge is -2.44. The van der Waals surface area contributed by atoms with Crippen LogP contribution in [0.5, 0.6) is 0 Å². The van der Waals surface area contributed by atoms with E-state index in [0.717, 1.165) is 13.0 Å². The van der Waals surface area contributed by atoms with Gasteiger partial charge in [0.15, 0.2) is 0 Å². The normalized spacial score (nSPS) is 32.6. The Labute approximate surface area is 121 Å². The Bertz CT molecular complexity index is 377. The Balaban J connectivity index is 2.23. The van der Waals surface area contributed by atoms with Crippen LogP contribution in [0.25, 0.3) is 0 Å². The van der Waals surface area contributed by atoms with E-state index >= 15 is 0 Å². The predicted octanol–water partition coefficient (Wildman–Crippen LogP) is 1.17. The summed E-state index contributed by atoms with van der Waals surface area (Å²) in [6.07, 6.45) is 1.62. The van der Waals surface area contributed by atoms with Crippen molar-refractivity contribution >= 4 is 11.8 Å². The average Bonchev–Trinajstić information content (AvgIpc) is 2.93. The van der Waals surface area contributed by atoms with Crippen LogP contribution in [-0.4, -0.2) is 48.1 Å². The van der Waals surface area contributed by atoms with Crippen LogP contribution in [0.2, 0.25) is 0 Å². The first-order valence-corrected chi connectivity index (χ1v) is 7.67. The second-order valence-electron chi connectivity index (χ2n) is 6.26. The minimum atomic E-state index is -0.393. The molecule has 2 heterocycles. The first-order valence-electron chi connectivity index (χ1n) is 7.67. The van der Waals surface area contributed by atoms with Crippen molar-refractivity contribution in [3.05, 3.63) is 0 Å². The molecule has 4 unspecified atom stereocenters. The zero-order valence-corrected chi connectivity index (χ0v) is 12.9. The highest BCUT2D eigenvalue weighted by molar-refractivity contribution is 5.97. The Kier molecular flexibility index (Phi) is 4.68. The van der Waals surface area contributed by atoms with Crippen LogP contribution >= 0.6 is 0 Å². The van der Waals surface area contributed by atoms with Crippen LogP contribution < -0.4 is 5.32 Å². The summed E-state index contributed by atoms with van der Waals surface area (Å²) in [4.78, 5) is 26.9. The molecule has 2 aliphatic heterocycles. The fourth-order valence-electron chi connectivity index (χ4n) is 3.23. The molecule has 0 bridgehead atoms. The molecule has 0 aliphatic carbocycles. The molecule has 2 amide bonds. The molecular formula is C15H26N2O3. The van der Waals surface area contributed by atoms with Crippen molar-refractivity contribution in [3.63, 3.8) is 0 Å². The third-order valence-corrected chi connectivity index (χ3v) is 4.60. The molecule has 2 aliphatic rings. The highest BCUT2D eigenvalue weighted by Crippen LogP contribution is 2.27. The first-order chi connectivity index (χ1) is 9.47. The maximum Gasteiger partial charge on any atom is 0.246 e. The number of carbonyl (C=O) groups excluding carboxylic acids is 2. The van der Waals surface area contributed by atoms with Crippen LogP contribution in [0.3, 0.4) is 0 Å². The lowest BCUT2D eigenvalue weighted by Crippen LogP contribution is -2.67. The SMILES string of the molecule is CCC1C(=O)NC(C(C)C)C(=O)N1C(C)C1CCOC1. The van der Waals surface area contributed by atoms with E-state index in [-0.39, 0.29) is 29.8 Å². The summed E-state index contributed by atoms with van der Waals surface area (Å²) in [7, 11) is 0. The van der Waals surface area contributed by atoms with Gasteiger partial charge in [-0.2, -0.15) is 0 Å². The van der Waals surface area contributed by atoms with Gasteiger partial charge in [-0.25, -0.2) is 0 Å². The van der Waals surface area contributed by atoms with E-state index in [1.54, 1.807) is 0 Å². The molecule has 2 rings (SSSR count). The molecule has 0 spiro atoms. The van der Waals surface area contributed by atoms with Gasteiger partial charge < -0.3 is 15.0 Å². The van der Waals surface area contributed by atoms with Gasteiger partial charge in [0.1, 0.15) is 12.1 Å². The zero-order valence-electron chi connectivity index (χ0n) is 12.9. The molecule has 5 heteroatoms. The monoisotopic (exact) mass is 282 g/mol. The van der Waals surface area contributed by atoms with Crippen LogP contribution in [0.1, 0.15) is 40.5 Å². The van der Waals surface area contributed by atoms with E-state index in [9.17, 15) is 9.59 Å². The Morgan fingerprint density at radius 3 is 2.55 bits per heavy atom. The highest BCUT2D eigenvalue weighted by atomic mass is 16.5. The summed E-state index contributed by atoms with van der Waals surface area (Å²) in [5.74, 6) is 0.493. The number of piperazine rings is 1. The lowest BCUT2D eigenvalue weighted by atomic mass is 9.91. The van der Waals surface area contributed by atoms with Crippen molar-refractivity contribution in [1.29, 1.82) is 0 Å². The average molecular weight is 282 g/mol. The van der Waals surface area contributed by atoms with Crippen molar-refractivity contribution in [2.24, 2.45) is 11.8 Å². The van der Waals surface area contributed by atoms with Crippen LogP contribution in [0.15, 0.2) is 0 Å². The second-order valence-corrected chi connectivity index (χ2v) is 6.26. The summed E-state index contributed by atoms with van der Waals surface area (Å²) in [5.41, 5.74) is 0. The van der Waals surface area contributed by atoms with E-state index in [0.29, 0.717) is 18.9 Å². The van der Waals surface area contributed by atoms with Gasteiger partial charge in [-0.05, 0) is 25.7 Å². The van der Waals surface area contributed by atoms with E-state index in [4.69, 9.17) is 4.74 Å². The second kappa shape index (κ2) is 6.12. The van der Waals surface area contributed by atoms with Crippen LogP contribution in [0.4, 0.5) is 0 Å². The largest absolute Gasteiger partial charge is 0.381 e. The van der Waals surface area contributed by atoms with Crippen LogP contribution in [-0.2, 0) is 14.3 Å². The number of ether oxygens (including phenoxy) is 1. The van der Waals surface area contributed by atoms with Crippen molar-refractivity contribution in [1.82, 2.24) is 10.2 Å². The minimum Gasteiger partial charge on any atom is -0.381 e. The molecule has 2 saturated heterocycles. The number of rotatable bonds is 4. The standard InChI is InChI=1S/C15H26N2O3/c1-5-12-14(18)16-13(9(2)3)15(19)17(12)10(4)11-6-7-20-8-11/h9-13H,5-8H2,1-4H3,(H,16,18). The Morgan fingerprint density at radius 2 is 2.05 bits per heavy atom. The molecule has 0 aromatic heterocycles. The quantitative estimate of drug-likeness (QED) is 0.842. The summed E-state index contributed by atoms with van der Waals surface area (Å²) in [6, 6.07) is -0.676. The third-order valence-electron chi connectivity index (χ3n) is 4.60. The molecular weight excluding hydrogens is 256 g/mol. The summed E-state index contributed by atoms with van der Waals surface area (Å²) in [6.45, 7) is 9.39. The van der Waals surface area contributed by atoms with Gasteiger partial charge in [-0.1, -0.05) is 20.8 Å². The van der Waals surface area contributed by atoms with Gasteiger partial charge in [0.05, 0.1) is 6.61 Å². The van der Waals surface area contributed by atoms with Gasteiger partial charge >= 0.3 is 0 Å². The molecule has 20 heavy (non-hydrogen) atoms. The molecule has 0 radical (unpaired) electrons. The van der Waals surface area contributed by atoms with E-state index in [1.807, 2.05) is 25.7 Å². The number of nitrogens with one attached hydrogen (secondary N) is 1. The topological polar surface area (TPSA) is 58.6 Å². The molecule has 114 valence electrons. The van der Waals surface area contributed by atoms with Gasteiger partial charge in [-0.15, -0.1) is 0 Å². The fraction of sp³-hybridized carbons (Fsp3) is 0.867. The molecule has 2 fully saturated rings. The van der Waals surface area contributed by atoms with Crippen molar-refractivity contribution in [2.75, 3.05) is 13.2 Å². The molecule has 0 saturated carbocycles. The first kappa shape index (κ1) is 15.3. The zero-order chi connectivity index (χ0) is 14.9. The maximum absolute atomic E-state index is 12.8. The number of hydrogen-bond donors (Lipinski definition) is 1. The van der Waals surface area contributed by atoms with Gasteiger partial charge in [0.2, 0.25) is 11.8 Å². The Morgan fingerprint density at radius 1 is 1.35 bits per heavy atom.